The summed E-state index contributed by atoms with van der Waals surface area (Å²) in [6.07, 6.45) is 2.88. The lowest BCUT2D eigenvalue weighted by atomic mass is 10.0. The van der Waals surface area contributed by atoms with Crippen LogP contribution in [-0.4, -0.2) is 50.0 Å². The number of piperazine rings is 1. The molecule has 1 aromatic carbocycles. The minimum absolute atomic E-state index is 0.0821. The molecular weight excluding hydrogens is 337 g/mol. The van der Waals surface area contributed by atoms with Crippen molar-refractivity contribution in [2.24, 2.45) is 0 Å². The third kappa shape index (κ3) is 2.97. The highest BCUT2D eigenvalue weighted by Gasteiger charge is 2.28. The van der Waals surface area contributed by atoms with Gasteiger partial charge in [-0.1, -0.05) is 12.1 Å². The van der Waals surface area contributed by atoms with Crippen LogP contribution in [0.15, 0.2) is 36.9 Å². The van der Waals surface area contributed by atoms with Crippen molar-refractivity contribution in [3.63, 3.8) is 0 Å². The maximum atomic E-state index is 13.6. The largest absolute Gasteiger partial charge is 0.382 e. The third-order valence-electron chi connectivity index (χ3n) is 4.53. The molecule has 0 saturated carbocycles. The molecule has 4 rings (SSSR count). The number of anilines is 1. The van der Waals surface area contributed by atoms with Crippen LogP contribution in [0.5, 0.6) is 0 Å². The number of benzene rings is 1. The second-order valence-corrected chi connectivity index (χ2v) is 6.17. The van der Waals surface area contributed by atoms with Gasteiger partial charge >= 0.3 is 0 Å². The molecule has 2 aromatic heterocycles. The van der Waals surface area contributed by atoms with Crippen LogP contribution in [0.3, 0.4) is 0 Å². The van der Waals surface area contributed by atoms with Gasteiger partial charge in [0.1, 0.15) is 24.2 Å². The molecule has 3 N–H and O–H groups in total. The van der Waals surface area contributed by atoms with E-state index in [9.17, 15) is 9.18 Å². The Kier molecular flexibility index (Phi) is 4.21. The zero-order valence-electron chi connectivity index (χ0n) is 14.0. The summed E-state index contributed by atoms with van der Waals surface area (Å²) in [4.78, 5) is 27.0. The zero-order chi connectivity index (χ0) is 18.1. The normalized spacial score (nSPS) is 17.6. The van der Waals surface area contributed by atoms with Crippen LogP contribution in [0.1, 0.15) is 11.6 Å². The number of fused-ring (bicyclic) bond motifs is 1. The van der Waals surface area contributed by atoms with E-state index in [-0.39, 0.29) is 30.1 Å². The minimum Gasteiger partial charge on any atom is -0.382 e. The number of imidazole rings is 1. The van der Waals surface area contributed by atoms with Crippen LogP contribution in [0, 0.1) is 5.82 Å². The lowest BCUT2D eigenvalue weighted by Crippen LogP contribution is -2.49. The number of hydrogen-bond donors (Lipinski definition) is 2. The monoisotopic (exact) mass is 355 g/mol. The Morgan fingerprint density at radius 3 is 3.08 bits per heavy atom. The van der Waals surface area contributed by atoms with Crippen molar-refractivity contribution in [3.05, 3.63) is 48.3 Å². The van der Waals surface area contributed by atoms with E-state index in [1.165, 1.54) is 24.8 Å². The first-order chi connectivity index (χ1) is 12.6. The van der Waals surface area contributed by atoms with Gasteiger partial charge in [0.25, 0.3) is 0 Å². The second-order valence-electron chi connectivity index (χ2n) is 6.17. The van der Waals surface area contributed by atoms with Gasteiger partial charge in [-0.25, -0.2) is 19.3 Å². The van der Waals surface area contributed by atoms with E-state index in [4.69, 9.17) is 5.73 Å². The molecule has 0 aliphatic carbocycles. The predicted molar refractivity (Wildman–Crippen MR) is 93.5 cm³/mol. The number of amides is 1. The maximum Gasteiger partial charge on any atom is 0.243 e. The fourth-order valence-electron chi connectivity index (χ4n) is 3.27. The van der Waals surface area contributed by atoms with Gasteiger partial charge in [0, 0.05) is 19.6 Å². The first kappa shape index (κ1) is 16.4. The summed E-state index contributed by atoms with van der Waals surface area (Å²) in [5.41, 5.74) is 7.55. The Balaban J connectivity index is 1.60. The molecule has 1 unspecified atom stereocenters. The summed E-state index contributed by atoms with van der Waals surface area (Å²) in [7, 11) is 0. The highest BCUT2D eigenvalue weighted by Crippen LogP contribution is 2.24. The van der Waals surface area contributed by atoms with Crippen LogP contribution >= 0.6 is 0 Å². The lowest BCUT2D eigenvalue weighted by Gasteiger charge is -2.36. The van der Waals surface area contributed by atoms with Crippen molar-refractivity contribution in [1.82, 2.24) is 29.7 Å². The van der Waals surface area contributed by atoms with Crippen molar-refractivity contribution < 1.29 is 9.18 Å². The number of carbonyl (C=O) groups excluding carboxylic acids is 1. The van der Waals surface area contributed by atoms with Gasteiger partial charge in [-0.2, -0.15) is 0 Å². The first-order valence-electron chi connectivity index (χ1n) is 8.30. The Morgan fingerprint density at radius 1 is 1.35 bits per heavy atom. The molecule has 1 atom stereocenters. The topological polar surface area (TPSA) is 102 Å². The molecule has 3 aromatic rings. The van der Waals surface area contributed by atoms with Crippen LogP contribution in [0.25, 0.3) is 11.2 Å². The molecule has 1 saturated heterocycles. The second kappa shape index (κ2) is 6.68. The highest BCUT2D eigenvalue weighted by atomic mass is 19.1. The lowest BCUT2D eigenvalue weighted by molar-refractivity contribution is -0.135. The van der Waals surface area contributed by atoms with E-state index < -0.39 is 0 Å². The number of hydrogen-bond acceptors (Lipinski definition) is 6. The number of halogens is 1. The Bertz CT molecular complexity index is 957. The van der Waals surface area contributed by atoms with Crippen molar-refractivity contribution in [3.8, 4) is 0 Å². The number of nitrogens with one attached hydrogen (secondary N) is 1. The average Bonchev–Trinajstić information content (AvgIpc) is 3.06. The molecule has 1 fully saturated rings. The molecule has 0 radical (unpaired) electrons. The molecule has 0 spiro atoms. The maximum absolute atomic E-state index is 13.6. The molecule has 0 bridgehead atoms. The van der Waals surface area contributed by atoms with E-state index in [0.29, 0.717) is 30.8 Å². The quantitative estimate of drug-likeness (QED) is 0.718. The van der Waals surface area contributed by atoms with Crippen LogP contribution in [-0.2, 0) is 11.3 Å². The zero-order valence-corrected chi connectivity index (χ0v) is 14.0. The Hall–Kier alpha value is -3.07. The number of nitrogens with two attached hydrogens (primary N) is 1. The molecule has 3 heterocycles. The summed E-state index contributed by atoms with van der Waals surface area (Å²) in [5, 5.41) is 3.26. The Labute approximate surface area is 148 Å². The molecule has 1 aliphatic rings. The molecule has 134 valence electrons. The first-order valence-corrected chi connectivity index (χ1v) is 8.30. The van der Waals surface area contributed by atoms with Gasteiger partial charge in [-0.05, 0) is 17.7 Å². The van der Waals surface area contributed by atoms with Crippen molar-refractivity contribution in [2.75, 3.05) is 25.4 Å². The van der Waals surface area contributed by atoms with Gasteiger partial charge in [0.15, 0.2) is 11.5 Å². The van der Waals surface area contributed by atoms with E-state index in [1.807, 2.05) is 6.07 Å². The predicted octanol–water partition coefficient (Wildman–Crippen LogP) is 0.721. The number of carbonyl (C=O) groups is 1. The SMILES string of the molecule is Nc1ncnc2c1ncn2CC(=O)N1CCNCC1c1cccc(F)c1. The van der Waals surface area contributed by atoms with Crippen LogP contribution < -0.4 is 11.1 Å². The highest BCUT2D eigenvalue weighted by molar-refractivity contribution is 5.83. The molecule has 1 amide bonds. The summed E-state index contributed by atoms with van der Waals surface area (Å²) in [6, 6.07) is 6.14. The van der Waals surface area contributed by atoms with Gasteiger partial charge in [-0.15, -0.1) is 0 Å². The summed E-state index contributed by atoms with van der Waals surface area (Å²) < 4.78 is 15.3. The van der Waals surface area contributed by atoms with E-state index in [2.05, 4.69) is 20.3 Å². The van der Waals surface area contributed by atoms with Crippen molar-refractivity contribution >= 4 is 22.9 Å². The summed E-state index contributed by atoms with van der Waals surface area (Å²) in [6.45, 7) is 1.90. The fourth-order valence-corrected chi connectivity index (χ4v) is 3.27. The molecular formula is C17H18FN7O. The van der Waals surface area contributed by atoms with E-state index in [0.717, 1.165) is 5.56 Å². The van der Waals surface area contributed by atoms with Crippen LogP contribution in [0.2, 0.25) is 0 Å². The van der Waals surface area contributed by atoms with Gasteiger partial charge in [-0.3, -0.25) is 4.79 Å². The van der Waals surface area contributed by atoms with Gasteiger partial charge in [0.2, 0.25) is 5.91 Å². The number of aromatic nitrogens is 4. The fraction of sp³-hybridized carbons (Fsp3) is 0.294. The number of nitrogens with zero attached hydrogens (tertiary/aromatic N) is 5. The van der Waals surface area contributed by atoms with Gasteiger partial charge < -0.3 is 20.5 Å². The van der Waals surface area contributed by atoms with Gasteiger partial charge in [0.05, 0.1) is 12.4 Å². The van der Waals surface area contributed by atoms with E-state index in [1.54, 1.807) is 15.5 Å². The standard InChI is InChI=1S/C17H18FN7O/c18-12-3-1-2-11(6-12)13-7-20-4-5-25(13)14(26)8-24-10-23-15-16(19)21-9-22-17(15)24/h1-3,6,9-10,13,20H,4-5,7-8H2,(H2,19,21,22). The number of nitrogen functional groups attached to an aromatic ring is 1. The minimum atomic E-state index is -0.312. The average molecular weight is 355 g/mol. The molecule has 1 aliphatic heterocycles. The number of rotatable bonds is 3. The summed E-state index contributed by atoms with van der Waals surface area (Å²) >= 11 is 0. The van der Waals surface area contributed by atoms with Crippen molar-refractivity contribution in [2.45, 2.75) is 12.6 Å². The molecule has 9 heteroatoms. The smallest absolute Gasteiger partial charge is 0.243 e. The summed E-state index contributed by atoms with van der Waals surface area (Å²) in [5.74, 6) is -0.119. The van der Waals surface area contributed by atoms with Crippen molar-refractivity contribution in [1.29, 1.82) is 0 Å². The molecule has 26 heavy (non-hydrogen) atoms. The molecule has 8 nitrogen and oxygen atoms in total. The van der Waals surface area contributed by atoms with Crippen LogP contribution in [0.4, 0.5) is 10.2 Å². The van der Waals surface area contributed by atoms with E-state index >= 15 is 0 Å². The Morgan fingerprint density at radius 2 is 2.23 bits per heavy atom. The third-order valence-corrected chi connectivity index (χ3v) is 4.53.